The largest absolute Gasteiger partial charge is 0.480 e. The highest BCUT2D eigenvalue weighted by Gasteiger charge is 2.37. The average molecular weight is 307 g/mol. The molecule has 3 nitrogen and oxygen atoms in total. The quantitative estimate of drug-likeness (QED) is 0.846. The Kier molecular flexibility index (Phi) is 4.99. The van der Waals surface area contributed by atoms with Crippen molar-refractivity contribution < 1.29 is 27.5 Å². The van der Waals surface area contributed by atoms with Crippen molar-refractivity contribution in [2.45, 2.75) is 39.0 Å². The van der Waals surface area contributed by atoms with E-state index in [0.29, 0.717) is 6.07 Å². The highest BCUT2D eigenvalue weighted by atomic mass is 19.4. The van der Waals surface area contributed by atoms with Crippen LogP contribution in [-0.2, 0) is 17.5 Å². The van der Waals surface area contributed by atoms with Gasteiger partial charge < -0.3 is 5.11 Å². The predicted octanol–water partition coefficient (Wildman–Crippen LogP) is 3.53. The highest BCUT2D eigenvalue weighted by molar-refractivity contribution is 5.77. The van der Waals surface area contributed by atoms with Gasteiger partial charge in [0.1, 0.15) is 11.4 Å². The molecule has 0 aromatic heterocycles. The highest BCUT2D eigenvalue weighted by Crippen LogP contribution is 2.33. The summed E-state index contributed by atoms with van der Waals surface area (Å²) in [6.45, 7) is 4.49. The van der Waals surface area contributed by atoms with E-state index in [2.05, 4.69) is 0 Å². The molecular weight excluding hydrogens is 290 g/mol. The number of carboxylic acid groups (broad SMARTS) is 1. The molecule has 0 saturated carbocycles. The summed E-state index contributed by atoms with van der Waals surface area (Å²) < 4.78 is 51.9. The minimum absolute atomic E-state index is 0.153. The van der Waals surface area contributed by atoms with E-state index in [1.807, 2.05) is 0 Å². The second-order valence-corrected chi connectivity index (χ2v) is 5.18. The summed E-state index contributed by atoms with van der Waals surface area (Å²) >= 11 is 0. The SMILES string of the molecule is CCN(Cc1ccc(F)cc1C(F)(F)F)C(C)(C)C(=O)O. The minimum atomic E-state index is -4.69. The monoisotopic (exact) mass is 307 g/mol. The molecule has 0 fully saturated rings. The van der Waals surface area contributed by atoms with Crippen LogP contribution >= 0.6 is 0 Å². The average Bonchev–Trinajstić information content (AvgIpc) is 2.35. The summed E-state index contributed by atoms with van der Waals surface area (Å²) in [6, 6.07) is 2.40. The molecular formula is C14H17F4NO2. The van der Waals surface area contributed by atoms with Crippen molar-refractivity contribution in [1.82, 2.24) is 4.90 Å². The van der Waals surface area contributed by atoms with Gasteiger partial charge in [0.25, 0.3) is 0 Å². The number of alkyl halides is 3. The molecule has 1 aromatic rings. The number of halogens is 4. The molecule has 0 aliphatic heterocycles. The van der Waals surface area contributed by atoms with Crippen LogP contribution in [0.3, 0.4) is 0 Å². The fourth-order valence-electron chi connectivity index (χ4n) is 2.00. The van der Waals surface area contributed by atoms with Crippen LogP contribution in [0.25, 0.3) is 0 Å². The van der Waals surface area contributed by atoms with Gasteiger partial charge in [-0.3, -0.25) is 9.69 Å². The molecule has 0 aliphatic carbocycles. The van der Waals surface area contributed by atoms with Gasteiger partial charge in [0.2, 0.25) is 0 Å². The smallest absolute Gasteiger partial charge is 0.416 e. The molecule has 21 heavy (non-hydrogen) atoms. The third kappa shape index (κ3) is 3.93. The molecule has 118 valence electrons. The van der Waals surface area contributed by atoms with Gasteiger partial charge in [-0.15, -0.1) is 0 Å². The number of rotatable bonds is 5. The molecule has 0 bridgehead atoms. The van der Waals surface area contributed by atoms with Crippen LogP contribution in [0.5, 0.6) is 0 Å². The fourth-order valence-corrected chi connectivity index (χ4v) is 2.00. The summed E-state index contributed by atoms with van der Waals surface area (Å²) in [5, 5.41) is 9.17. The molecule has 0 radical (unpaired) electrons. The third-order valence-corrected chi connectivity index (χ3v) is 3.43. The molecule has 1 N–H and O–H groups in total. The van der Waals surface area contributed by atoms with Crippen molar-refractivity contribution in [3.8, 4) is 0 Å². The lowest BCUT2D eigenvalue weighted by Gasteiger charge is -2.34. The Hall–Kier alpha value is -1.63. The summed E-state index contributed by atoms with van der Waals surface area (Å²) in [4.78, 5) is 12.6. The van der Waals surface area contributed by atoms with E-state index >= 15 is 0 Å². The van der Waals surface area contributed by atoms with Gasteiger partial charge in [0, 0.05) is 6.54 Å². The number of nitrogens with zero attached hydrogens (tertiary/aromatic N) is 1. The zero-order valence-corrected chi connectivity index (χ0v) is 12.0. The maximum atomic E-state index is 13.1. The van der Waals surface area contributed by atoms with Crippen molar-refractivity contribution in [2.75, 3.05) is 6.54 Å². The number of hydrogen-bond acceptors (Lipinski definition) is 2. The van der Waals surface area contributed by atoms with Crippen molar-refractivity contribution in [2.24, 2.45) is 0 Å². The van der Waals surface area contributed by atoms with Gasteiger partial charge in [-0.1, -0.05) is 13.0 Å². The first-order chi connectivity index (χ1) is 9.50. The predicted molar refractivity (Wildman–Crippen MR) is 69.2 cm³/mol. The van der Waals surface area contributed by atoms with Crippen molar-refractivity contribution in [3.63, 3.8) is 0 Å². The Morgan fingerprint density at radius 1 is 1.29 bits per heavy atom. The van der Waals surface area contributed by atoms with Crippen molar-refractivity contribution >= 4 is 5.97 Å². The first-order valence-electron chi connectivity index (χ1n) is 6.34. The van der Waals surface area contributed by atoms with Crippen molar-refractivity contribution in [3.05, 3.63) is 35.1 Å². The van der Waals surface area contributed by atoms with Gasteiger partial charge in [-0.05, 0) is 38.1 Å². The lowest BCUT2D eigenvalue weighted by Crippen LogP contribution is -2.49. The van der Waals surface area contributed by atoms with Crippen LogP contribution in [0.15, 0.2) is 18.2 Å². The fraction of sp³-hybridized carbons (Fsp3) is 0.500. The molecule has 0 aliphatic rings. The number of carbonyl (C=O) groups is 1. The Morgan fingerprint density at radius 3 is 2.29 bits per heavy atom. The van der Waals surface area contributed by atoms with E-state index in [9.17, 15) is 27.5 Å². The van der Waals surface area contributed by atoms with Crippen LogP contribution in [0.4, 0.5) is 17.6 Å². The molecule has 1 aromatic carbocycles. The summed E-state index contributed by atoms with van der Waals surface area (Å²) in [5.41, 5.74) is -2.56. The first-order valence-corrected chi connectivity index (χ1v) is 6.34. The maximum absolute atomic E-state index is 13.1. The van der Waals surface area contributed by atoms with Crippen LogP contribution in [0, 0.1) is 5.82 Å². The van der Waals surface area contributed by atoms with Gasteiger partial charge in [-0.2, -0.15) is 13.2 Å². The third-order valence-electron chi connectivity index (χ3n) is 3.43. The first kappa shape index (κ1) is 17.4. The summed E-state index contributed by atoms with van der Waals surface area (Å²) in [5.74, 6) is -2.12. The number of aliphatic carboxylic acids is 1. The van der Waals surface area contributed by atoms with Gasteiger partial charge >= 0.3 is 12.1 Å². The zero-order valence-electron chi connectivity index (χ0n) is 12.0. The maximum Gasteiger partial charge on any atom is 0.416 e. The normalized spacial score (nSPS) is 12.8. The van der Waals surface area contributed by atoms with E-state index in [0.717, 1.165) is 12.1 Å². The van der Waals surface area contributed by atoms with E-state index in [1.54, 1.807) is 6.92 Å². The second-order valence-electron chi connectivity index (χ2n) is 5.18. The summed E-state index contributed by atoms with van der Waals surface area (Å²) in [6.07, 6.45) is -4.69. The second kappa shape index (κ2) is 6.01. The number of benzene rings is 1. The Bertz CT molecular complexity index is 526. The number of carboxylic acids is 1. The topological polar surface area (TPSA) is 40.5 Å². The van der Waals surface area contributed by atoms with Crippen molar-refractivity contribution in [1.29, 1.82) is 0 Å². The van der Waals surface area contributed by atoms with Crippen LogP contribution < -0.4 is 0 Å². The molecule has 0 amide bonds. The Balaban J connectivity index is 3.20. The van der Waals surface area contributed by atoms with Gasteiger partial charge in [0.15, 0.2) is 0 Å². The molecule has 7 heteroatoms. The van der Waals surface area contributed by atoms with Crippen LogP contribution in [0.2, 0.25) is 0 Å². The van der Waals surface area contributed by atoms with Gasteiger partial charge in [-0.25, -0.2) is 4.39 Å². The number of likely N-dealkylation sites (N-methyl/N-ethyl adjacent to an activating group) is 1. The summed E-state index contributed by atoms with van der Waals surface area (Å²) in [7, 11) is 0. The van der Waals surface area contributed by atoms with E-state index in [-0.39, 0.29) is 18.7 Å². The zero-order chi connectivity index (χ0) is 16.4. The lowest BCUT2D eigenvalue weighted by molar-refractivity contribution is -0.149. The minimum Gasteiger partial charge on any atom is -0.480 e. The Morgan fingerprint density at radius 2 is 1.86 bits per heavy atom. The Labute approximate surface area is 120 Å². The molecule has 0 atom stereocenters. The molecule has 0 heterocycles. The molecule has 1 rings (SSSR count). The van der Waals surface area contributed by atoms with Gasteiger partial charge in [0.05, 0.1) is 5.56 Å². The standard InChI is InChI=1S/C14H17F4NO2/c1-4-19(13(2,3)12(20)21)8-9-5-6-10(15)7-11(9)14(16,17)18/h5-7H,4,8H2,1-3H3,(H,20,21). The van der Waals surface area contributed by atoms with E-state index in [4.69, 9.17) is 0 Å². The van der Waals surface area contributed by atoms with Crippen LogP contribution in [-0.4, -0.2) is 28.1 Å². The number of hydrogen-bond donors (Lipinski definition) is 1. The molecule has 0 unspecified atom stereocenters. The molecule has 0 saturated heterocycles. The lowest BCUT2D eigenvalue weighted by atomic mass is 10.00. The molecule has 0 spiro atoms. The van der Waals surface area contributed by atoms with Crippen LogP contribution in [0.1, 0.15) is 31.9 Å². The van der Waals surface area contributed by atoms with E-state index < -0.39 is 29.1 Å². The van der Waals surface area contributed by atoms with E-state index in [1.165, 1.54) is 18.7 Å².